The molecule has 0 aliphatic carbocycles. The molecule has 0 unspecified atom stereocenters. The molecule has 0 bridgehead atoms. The molecular formula is C20H15ClN2O4. The predicted octanol–water partition coefficient (Wildman–Crippen LogP) is 5.60. The molecule has 0 saturated carbocycles. The zero-order valence-corrected chi connectivity index (χ0v) is 15.1. The van der Waals surface area contributed by atoms with Crippen molar-refractivity contribution in [1.82, 2.24) is 0 Å². The number of nitro benzene ring substituents is 1. The number of hydrogen-bond donors (Lipinski definition) is 1. The highest BCUT2D eigenvalue weighted by Crippen LogP contribution is 2.33. The smallest absolute Gasteiger partial charge is 0.282 e. The molecule has 0 aromatic heterocycles. The largest absolute Gasteiger partial charge is 0.455 e. The Labute approximate surface area is 160 Å². The maximum Gasteiger partial charge on any atom is 0.282 e. The maximum atomic E-state index is 12.6. The topological polar surface area (TPSA) is 81.5 Å². The fourth-order valence-electron chi connectivity index (χ4n) is 2.44. The Hall–Kier alpha value is -3.38. The number of rotatable bonds is 5. The summed E-state index contributed by atoms with van der Waals surface area (Å²) >= 11 is 6.04. The van der Waals surface area contributed by atoms with Crippen LogP contribution in [0.1, 0.15) is 15.9 Å². The number of anilines is 1. The summed E-state index contributed by atoms with van der Waals surface area (Å²) in [6.07, 6.45) is 0. The fraction of sp³-hybridized carbons (Fsp3) is 0.0500. The molecule has 0 fully saturated rings. The summed E-state index contributed by atoms with van der Waals surface area (Å²) in [7, 11) is 0. The molecule has 0 heterocycles. The maximum absolute atomic E-state index is 12.6. The lowest BCUT2D eigenvalue weighted by molar-refractivity contribution is -0.385. The van der Waals surface area contributed by atoms with Crippen LogP contribution in [0.25, 0.3) is 0 Å². The highest BCUT2D eigenvalue weighted by molar-refractivity contribution is 6.31. The minimum atomic E-state index is -0.627. The SMILES string of the molecule is Cc1ccc(Oc2ccc(Cl)cc2NC(=O)c2ccccc2[N+](=O)[O-])cc1. The monoisotopic (exact) mass is 382 g/mol. The van der Waals surface area contributed by atoms with Gasteiger partial charge in [0.05, 0.1) is 10.6 Å². The van der Waals surface area contributed by atoms with Crippen molar-refractivity contribution >= 4 is 28.9 Å². The average Bonchev–Trinajstić information content (AvgIpc) is 2.65. The van der Waals surface area contributed by atoms with E-state index >= 15 is 0 Å². The van der Waals surface area contributed by atoms with Crippen molar-refractivity contribution in [3.8, 4) is 11.5 Å². The Morgan fingerprint density at radius 2 is 1.78 bits per heavy atom. The molecule has 0 radical (unpaired) electrons. The number of benzene rings is 3. The molecule has 3 aromatic carbocycles. The van der Waals surface area contributed by atoms with E-state index in [1.54, 1.807) is 30.3 Å². The molecule has 3 rings (SSSR count). The van der Waals surface area contributed by atoms with Gasteiger partial charge in [0.15, 0.2) is 5.75 Å². The predicted molar refractivity (Wildman–Crippen MR) is 104 cm³/mol. The van der Waals surface area contributed by atoms with Gasteiger partial charge in [0.2, 0.25) is 0 Å². The van der Waals surface area contributed by atoms with E-state index in [0.717, 1.165) is 5.56 Å². The Morgan fingerprint density at radius 3 is 2.48 bits per heavy atom. The number of aryl methyl sites for hydroxylation is 1. The number of hydrogen-bond acceptors (Lipinski definition) is 4. The van der Waals surface area contributed by atoms with E-state index in [1.807, 2.05) is 19.1 Å². The Balaban J connectivity index is 1.90. The first-order chi connectivity index (χ1) is 12.9. The van der Waals surface area contributed by atoms with Gasteiger partial charge >= 0.3 is 0 Å². The number of ether oxygens (including phenoxy) is 1. The molecule has 1 amide bonds. The van der Waals surface area contributed by atoms with Gasteiger partial charge < -0.3 is 10.1 Å². The summed E-state index contributed by atoms with van der Waals surface area (Å²) in [6.45, 7) is 1.96. The van der Waals surface area contributed by atoms with Crippen molar-refractivity contribution in [3.63, 3.8) is 0 Å². The van der Waals surface area contributed by atoms with Crippen LogP contribution in [0.3, 0.4) is 0 Å². The van der Waals surface area contributed by atoms with Crippen LogP contribution in [0.5, 0.6) is 11.5 Å². The van der Waals surface area contributed by atoms with E-state index in [2.05, 4.69) is 5.32 Å². The third kappa shape index (κ3) is 4.43. The molecule has 0 aliphatic heterocycles. The van der Waals surface area contributed by atoms with Gasteiger partial charge in [0.1, 0.15) is 11.3 Å². The van der Waals surface area contributed by atoms with E-state index in [0.29, 0.717) is 22.2 Å². The van der Waals surface area contributed by atoms with Gasteiger partial charge in [0.25, 0.3) is 11.6 Å². The minimum absolute atomic E-state index is 0.0521. The number of carbonyl (C=O) groups is 1. The first-order valence-corrected chi connectivity index (χ1v) is 8.40. The van der Waals surface area contributed by atoms with Crippen LogP contribution in [0.4, 0.5) is 11.4 Å². The second-order valence-corrected chi connectivity index (χ2v) is 6.22. The van der Waals surface area contributed by atoms with Gasteiger partial charge in [-0.2, -0.15) is 0 Å². The molecule has 0 aliphatic rings. The summed E-state index contributed by atoms with van der Waals surface area (Å²) in [4.78, 5) is 23.1. The van der Waals surface area contributed by atoms with E-state index in [4.69, 9.17) is 16.3 Å². The lowest BCUT2D eigenvalue weighted by Crippen LogP contribution is -2.14. The third-order valence-corrected chi connectivity index (χ3v) is 4.02. The van der Waals surface area contributed by atoms with Gasteiger partial charge in [0, 0.05) is 11.1 Å². The zero-order valence-electron chi connectivity index (χ0n) is 14.3. The van der Waals surface area contributed by atoms with Gasteiger partial charge in [-0.3, -0.25) is 14.9 Å². The van der Waals surface area contributed by atoms with Crippen LogP contribution >= 0.6 is 11.6 Å². The average molecular weight is 383 g/mol. The second-order valence-electron chi connectivity index (χ2n) is 5.78. The lowest BCUT2D eigenvalue weighted by atomic mass is 10.1. The van der Waals surface area contributed by atoms with Crippen LogP contribution in [0.2, 0.25) is 5.02 Å². The molecule has 0 spiro atoms. The van der Waals surface area contributed by atoms with Crippen molar-refractivity contribution in [2.24, 2.45) is 0 Å². The van der Waals surface area contributed by atoms with Crippen LogP contribution in [-0.2, 0) is 0 Å². The van der Waals surface area contributed by atoms with Crippen LogP contribution in [0.15, 0.2) is 66.7 Å². The minimum Gasteiger partial charge on any atom is -0.455 e. The van der Waals surface area contributed by atoms with Gasteiger partial charge in [-0.1, -0.05) is 41.4 Å². The summed E-state index contributed by atoms with van der Waals surface area (Å²) in [5.41, 5.74) is 1.07. The van der Waals surface area contributed by atoms with E-state index in [1.165, 1.54) is 24.3 Å². The number of amides is 1. The molecule has 27 heavy (non-hydrogen) atoms. The molecule has 3 aromatic rings. The first-order valence-electron chi connectivity index (χ1n) is 8.03. The molecule has 7 heteroatoms. The van der Waals surface area contributed by atoms with E-state index < -0.39 is 10.8 Å². The normalized spacial score (nSPS) is 10.3. The van der Waals surface area contributed by atoms with Crippen LogP contribution in [0, 0.1) is 17.0 Å². The Morgan fingerprint density at radius 1 is 1.07 bits per heavy atom. The summed E-state index contributed by atoms with van der Waals surface area (Å²) in [5.74, 6) is 0.331. The summed E-state index contributed by atoms with van der Waals surface area (Å²) in [6, 6.07) is 17.9. The highest BCUT2D eigenvalue weighted by atomic mass is 35.5. The fourth-order valence-corrected chi connectivity index (χ4v) is 2.61. The molecule has 0 atom stereocenters. The third-order valence-electron chi connectivity index (χ3n) is 3.78. The molecule has 136 valence electrons. The zero-order chi connectivity index (χ0) is 19.4. The van der Waals surface area contributed by atoms with Crippen molar-refractivity contribution in [2.75, 3.05) is 5.32 Å². The number of nitrogens with zero attached hydrogens (tertiary/aromatic N) is 1. The van der Waals surface area contributed by atoms with E-state index in [9.17, 15) is 14.9 Å². The summed E-state index contributed by atoms with van der Waals surface area (Å²) in [5, 5.41) is 14.2. The number of halogens is 1. The Bertz CT molecular complexity index is 1000. The summed E-state index contributed by atoms with van der Waals surface area (Å²) < 4.78 is 5.83. The second kappa shape index (κ2) is 7.88. The van der Waals surface area contributed by atoms with Crippen molar-refractivity contribution in [3.05, 3.63) is 93.0 Å². The quantitative estimate of drug-likeness (QED) is 0.460. The molecule has 1 N–H and O–H groups in total. The number of nitrogens with one attached hydrogen (secondary N) is 1. The Kier molecular flexibility index (Phi) is 5.38. The molecular weight excluding hydrogens is 368 g/mol. The van der Waals surface area contributed by atoms with Crippen LogP contribution < -0.4 is 10.1 Å². The van der Waals surface area contributed by atoms with Crippen molar-refractivity contribution in [2.45, 2.75) is 6.92 Å². The highest BCUT2D eigenvalue weighted by Gasteiger charge is 2.20. The van der Waals surface area contributed by atoms with Crippen LogP contribution in [-0.4, -0.2) is 10.8 Å². The molecule has 0 saturated heterocycles. The first kappa shape index (κ1) is 18.4. The lowest BCUT2D eigenvalue weighted by Gasteiger charge is -2.13. The molecule has 6 nitrogen and oxygen atoms in total. The van der Waals surface area contributed by atoms with Crippen molar-refractivity contribution in [1.29, 1.82) is 0 Å². The number of para-hydroxylation sites is 1. The number of carbonyl (C=O) groups excluding carboxylic acids is 1. The van der Waals surface area contributed by atoms with Crippen molar-refractivity contribution < 1.29 is 14.5 Å². The van der Waals surface area contributed by atoms with Gasteiger partial charge in [-0.05, 0) is 43.3 Å². The van der Waals surface area contributed by atoms with E-state index in [-0.39, 0.29) is 11.3 Å². The number of nitro groups is 1. The van der Waals surface area contributed by atoms with Gasteiger partial charge in [-0.15, -0.1) is 0 Å². The van der Waals surface area contributed by atoms with Gasteiger partial charge in [-0.25, -0.2) is 0 Å². The standard InChI is InChI=1S/C20H15ClN2O4/c1-13-6-9-15(10-7-13)27-19-11-8-14(21)12-17(19)22-20(24)16-4-2-3-5-18(16)23(25)26/h2-12H,1H3,(H,22,24).